The van der Waals surface area contributed by atoms with Crippen LogP contribution in [0.5, 0.6) is 0 Å². The Bertz CT molecular complexity index is 571. The fraction of sp³-hybridized carbons (Fsp3) is 0.333. The molecule has 0 aliphatic rings. The molecule has 0 bridgehead atoms. The lowest BCUT2D eigenvalue weighted by Crippen LogP contribution is -2.09. The van der Waals surface area contributed by atoms with Crippen molar-refractivity contribution in [2.75, 3.05) is 17.2 Å². The van der Waals surface area contributed by atoms with Crippen molar-refractivity contribution in [1.29, 1.82) is 0 Å². The highest BCUT2D eigenvalue weighted by Crippen LogP contribution is 2.19. The third-order valence-corrected chi connectivity index (χ3v) is 2.35. The lowest BCUT2D eigenvalue weighted by atomic mass is 10.4. The second-order valence-electron chi connectivity index (χ2n) is 3.90. The van der Waals surface area contributed by atoms with Gasteiger partial charge in [0.1, 0.15) is 5.76 Å². The van der Waals surface area contributed by atoms with Crippen LogP contribution in [-0.2, 0) is 6.54 Å². The van der Waals surface area contributed by atoms with Crippen molar-refractivity contribution < 1.29 is 13.2 Å². The van der Waals surface area contributed by atoms with Gasteiger partial charge in [-0.2, -0.15) is 0 Å². The zero-order valence-electron chi connectivity index (χ0n) is 10.6. The molecule has 19 heavy (non-hydrogen) atoms. The van der Waals surface area contributed by atoms with Crippen molar-refractivity contribution in [3.63, 3.8) is 0 Å². The molecule has 2 rings (SSSR count). The number of hydrogen-bond acceptors (Lipinski definition) is 5. The average molecular weight is 268 g/mol. The minimum absolute atomic E-state index is 0.00925. The number of pyridine rings is 1. The molecular weight excluding hydrogens is 254 g/mol. The normalized spacial score (nSPS) is 10.5. The Labute approximate surface area is 109 Å². The zero-order chi connectivity index (χ0) is 13.8. The van der Waals surface area contributed by atoms with Crippen LogP contribution < -0.4 is 10.6 Å². The van der Waals surface area contributed by atoms with Crippen LogP contribution in [0.15, 0.2) is 16.7 Å². The molecule has 0 unspecified atom stereocenters. The van der Waals surface area contributed by atoms with Gasteiger partial charge in [0.05, 0.1) is 12.7 Å². The maximum Gasteiger partial charge on any atom is 0.213 e. The van der Waals surface area contributed by atoms with Gasteiger partial charge in [-0.15, -0.1) is 0 Å². The van der Waals surface area contributed by atoms with Crippen LogP contribution in [0.25, 0.3) is 0 Å². The summed E-state index contributed by atoms with van der Waals surface area (Å²) in [7, 11) is 0. The first kappa shape index (κ1) is 13.3. The second-order valence-corrected chi connectivity index (χ2v) is 3.90. The fourth-order valence-corrected chi connectivity index (χ4v) is 1.52. The molecule has 0 aliphatic carbocycles. The molecular formula is C12H14F2N4O. The molecule has 0 aliphatic heterocycles. The van der Waals surface area contributed by atoms with E-state index in [1.54, 1.807) is 20.0 Å². The average Bonchev–Trinajstić information content (AvgIpc) is 2.77. The van der Waals surface area contributed by atoms with Gasteiger partial charge in [-0.3, -0.25) is 0 Å². The number of hydrogen-bond donors (Lipinski definition) is 2. The Morgan fingerprint density at radius 1 is 1.21 bits per heavy atom. The van der Waals surface area contributed by atoms with Crippen molar-refractivity contribution in [1.82, 2.24) is 9.97 Å². The molecule has 0 saturated carbocycles. The number of nitrogens with one attached hydrogen (secondary N) is 2. The zero-order valence-corrected chi connectivity index (χ0v) is 10.6. The minimum Gasteiger partial charge on any atom is -0.444 e. The quantitative estimate of drug-likeness (QED) is 0.873. The van der Waals surface area contributed by atoms with E-state index in [9.17, 15) is 8.78 Å². The maximum atomic E-state index is 13.5. The molecule has 2 aromatic heterocycles. The van der Waals surface area contributed by atoms with Crippen molar-refractivity contribution in [3.8, 4) is 0 Å². The molecule has 0 spiro atoms. The molecule has 0 fully saturated rings. The van der Waals surface area contributed by atoms with Gasteiger partial charge in [0, 0.05) is 12.6 Å². The van der Waals surface area contributed by atoms with Gasteiger partial charge in [0.15, 0.2) is 23.3 Å². The second kappa shape index (κ2) is 5.64. The SMILES string of the molecule is CCNc1nc(NCc2ncc(C)o2)c(F)cc1F. The number of halogens is 2. The first-order valence-corrected chi connectivity index (χ1v) is 5.85. The van der Waals surface area contributed by atoms with E-state index in [-0.39, 0.29) is 18.2 Å². The van der Waals surface area contributed by atoms with Gasteiger partial charge in [-0.05, 0) is 13.8 Å². The van der Waals surface area contributed by atoms with Crippen molar-refractivity contribution in [2.24, 2.45) is 0 Å². The van der Waals surface area contributed by atoms with Gasteiger partial charge >= 0.3 is 0 Å². The monoisotopic (exact) mass is 268 g/mol. The molecule has 0 radical (unpaired) electrons. The van der Waals surface area contributed by atoms with Crippen LogP contribution in [0.2, 0.25) is 0 Å². The first-order chi connectivity index (χ1) is 9.10. The standard InChI is InChI=1S/C12H14F2N4O/c1-3-15-11-8(13)4-9(14)12(18-11)17-6-10-16-5-7(2)19-10/h4-5H,3,6H2,1-2H3,(H2,15,17,18). The van der Waals surface area contributed by atoms with Crippen molar-refractivity contribution in [3.05, 3.63) is 35.5 Å². The highest BCUT2D eigenvalue weighted by Gasteiger charge is 2.12. The lowest BCUT2D eigenvalue weighted by molar-refractivity contribution is 0.478. The summed E-state index contributed by atoms with van der Waals surface area (Å²) in [5.41, 5.74) is 0. The molecule has 0 amide bonds. The number of oxazole rings is 1. The molecule has 2 N–H and O–H groups in total. The number of anilines is 2. The van der Waals surface area contributed by atoms with E-state index >= 15 is 0 Å². The van der Waals surface area contributed by atoms with Gasteiger partial charge in [0.2, 0.25) is 5.89 Å². The highest BCUT2D eigenvalue weighted by molar-refractivity contribution is 5.47. The Kier molecular flexibility index (Phi) is 3.94. The molecule has 7 heteroatoms. The number of aromatic nitrogens is 2. The largest absolute Gasteiger partial charge is 0.444 e. The summed E-state index contributed by atoms with van der Waals surface area (Å²) in [5.74, 6) is -0.451. The van der Waals surface area contributed by atoms with Crippen LogP contribution in [0.1, 0.15) is 18.6 Å². The van der Waals surface area contributed by atoms with Crippen LogP contribution in [-0.4, -0.2) is 16.5 Å². The molecule has 0 aromatic carbocycles. The minimum atomic E-state index is -0.762. The summed E-state index contributed by atoms with van der Waals surface area (Å²) in [6, 6.07) is 0.786. The summed E-state index contributed by atoms with van der Waals surface area (Å²) in [6.07, 6.45) is 1.57. The van der Waals surface area contributed by atoms with E-state index in [2.05, 4.69) is 20.6 Å². The molecule has 0 saturated heterocycles. The molecule has 2 heterocycles. The summed E-state index contributed by atoms with van der Waals surface area (Å²) in [6.45, 7) is 4.23. The summed E-state index contributed by atoms with van der Waals surface area (Å²) < 4.78 is 32.1. The number of nitrogens with zero attached hydrogens (tertiary/aromatic N) is 2. The lowest BCUT2D eigenvalue weighted by Gasteiger charge is -2.09. The van der Waals surface area contributed by atoms with Gasteiger partial charge in [-0.1, -0.05) is 0 Å². The first-order valence-electron chi connectivity index (χ1n) is 5.85. The van der Waals surface area contributed by atoms with E-state index in [1.807, 2.05) is 0 Å². The maximum absolute atomic E-state index is 13.5. The van der Waals surface area contributed by atoms with E-state index in [0.717, 1.165) is 6.07 Å². The Morgan fingerprint density at radius 3 is 2.47 bits per heavy atom. The van der Waals surface area contributed by atoms with Gasteiger partial charge < -0.3 is 15.1 Å². The van der Waals surface area contributed by atoms with Crippen LogP contribution in [0.4, 0.5) is 20.4 Å². The van der Waals surface area contributed by atoms with E-state index in [4.69, 9.17) is 4.42 Å². The molecule has 2 aromatic rings. The summed E-state index contributed by atoms with van der Waals surface area (Å²) >= 11 is 0. The predicted molar refractivity (Wildman–Crippen MR) is 66.9 cm³/mol. The van der Waals surface area contributed by atoms with E-state index < -0.39 is 11.6 Å². The molecule has 5 nitrogen and oxygen atoms in total. The topological polar surface area (TPSA) is 63.0 Å². The predicted octanol–water partition coefficient (Wildman–Crippen LogP) is 2.70. The number of aryl methyl sites for hydroxylation is 1. The summed E-state index contributed by atoms with van der Waals surface area (Å²) in [5, 5.41) is 5.43. The Morgan fingerprint density at radius 2 is 1.89 bits per heavy atom. The third-order valence-electron chi connectivity index (χ3n) is 2.35. The van der Waals surface area contributed by atoms with Gasteiger partial charge in [0.25, 0.3) is 0 Å². The smallest absolute Gasteiger partial charge is 0.213 e. The van der Waals surface area contributed by atoms with Crippen molar-refractivity contribution in [2.45, 2.75) is 20.4 Å². The van der Waals surface area contributed by atoms with Gasteiger partial charge in [-0.25, -0.2) is 18.7 Å². The number of rotatable bonds is 5. The molecule has 0 atom stereocenters. The van der Waals surface area contributed by atoms with E-state index in [0.29, 0.717) is 18.2 Å². The van der Waals surface area contributed by atoms with E-state index in [1.165, 1.54) is 0 Å². The Hall–Kier alpha value is -2.18. The van der Waals surface area contributed by atoms with Crippen LogP contribution >= 0.6 is 0 Å². The Balaban J connectivity index is 2.13. The third kappa shape index (κ3) is 3.18. The fourth-order valence-electron chi connectivity index (χ4n) is 1.52. The highest BCUT2D eigenvalue weighted by atomic mass is 19.1. The van der Waals surface area contributed by atoms with Crippen LogP contribution in [0, 0.1) is 18.6 Å². The van der Waals surface area contributed by atoms with Crippen LogP contribution in [0.3, 0.4) is 0 Å². The van der Waals surface area contributed by atoms with Crippen molar-refractivity contribution >= 4 is 11.6 Å². The summed E-state index contributed by atoms with van der Waals surface area (Å²) in [4.78, 5) is 7.81. The molecule has 102 valence electrons.